The molecule has 0 radical (unpaired) electrons. The van der Waals surface area contributed by atoms with Gasteiger partial charge in [-0.2, -0.15) is 0 Å². The van der Waals surface area contributed by atoms with Gasteiger partial charge in [0.25, 0.3) is 0 Å². The van der Waals surface area contributed by atoms with Gasteiger partial charge in [0, 0.05) is 6.04 Å². The van der Waals surface area contributed by atoms with Crippen LogP contribution in [0, 0.1) is 5.82 Å². The Morgan fingerprint density at radius 3 is 2.47 bits per heavy atom. The third-order valence-electron chi connectivity index (χ3n) is 3.16. The number of nitrogens with one attached hydrogen (secondary N) is 1. The first kappa shape index (κ1) is 14.2. The zero-order valence-corrected chi connectivity index (χ0v) is 11.0. The zero-order chi connectivity index (χ0) is 12.5. The molecule has 17 heavy (non-hydrogen) atoms. The predicted molar refractivity (Wildman–Crippen MR) is 71.7 cm³/mol. The van der Waals surface area contributed by atoms with Crippen LogP contribution in [0.5, 0.6) is 0 Å². The number of rotatable bonds is 8. The van der Waals surface area contributed by atoms with E-state index in [2.05, 4.69) is 19.2 Å². The van der Waals surface area contributed by atoms with Gasteiger partial charge in [0.1, 0.15) is 5.82 Å². The van der Waals surface area contributed by atoms with E-state index in [0.717, 1.165) is 13.0 Å². The van der Waals surface area contributed by atoms with Crippen LogP contribution >= 0.6 is 0 Å². The van der Waals surface area contributed by atoms with Gasteiger partial charge < -0.3 is 5.32 Å². The molecular formula is C15H24FN. The van der Waals surface area contributed by atoms with E-state index < -0.39 is 0 Å². The van der Waals surface area contributed by atoms with E-state index in [4.69, 9.17) is 0 Å². The molecule has 0 heterocycles. The summed E-state index contributed by atoms with van der Waals surface area (Å²) in [6.45, 7) is 5.43. The van der Waals surface area contributed by atoms with E-state index >= 15 is 0 Å². The van der Waals surface area contributed by atoms with Crippen LogP contribution in [0.4, 0.5) is 4.39 Å². The lowest BCUT2D eigenvalue weighted by Gasteiger charge is -2.16. The highest BCUT2D eigenvalue weighted by Gasteiger charge is 2.04. The Labute approximate surface area is 104 Å². The summed E-state index contributed by atoms with van der Waals surface area (Å²) in [5.41, 5.74) is 1.20. The summed E-state index contributed by atoms with van der Waals surface area (Å²) < 4.78 is 12.7. The molecule has 0 bridgehead atoms. The van der Waals surface area contributed by atoms with Crippen LogP contribution in [-0.2, 0) is 6.42 Å². The topological polar surface area (TPSA) is 12.0 Å². The van der Waals surface area contributed by atoms with Crippen LogP contribution < -0.4 is 5.32 Å². The average molecular weight is 237 g/mol. The van der Waals surface area contributed by atoms with E-state index in [-0.39, 0.29) is 5.82 Å². The second-order valence-electron chi connectivity index (χ2n) is 4.58. The van der Waals surface area contributed by atoms with Crippen molar-refractivity contribution >= 4 is 0 Å². The summed E-state index contributed by atoms with van der Waals surface area (Å²) >= 11 is 0. The Hall–Kier alpha value is -0.890. The summed E-state index contributed by atoms with van der Waals surface area (Å²) in [6, 6.07) is 7.43. The van der Waals surface area contributed by atoms with Crippen molar-refractivity contribution < 1.29 is 4.39 Å². The fourth-order valence-electron chi connectivity index (χ4n) is 1.97. The van der Waals surface area contributed by atoms with Gasteiger partial charge in [-0.25, -0.2) is 4.39 Å². The van der Waals surface area contributed by atoms with E-state index in [9.17, 15) is 4.39 Å². The van der Waals surface area contributed by atoms with Gasteiger partial charge in [0.05, 0.1) is 0 Å². The lowest BCUT2D eigenvalue weighted by molar-refractivity contribution is 0.456. The van der Waals surface area contributed by atoms with Gasteiger partial charge in [0.2, 0.25) is 0 Å². The highest BCUT2D eigenvalue weighted by Crippen LogP contribution is 2.06. The third-order valence-corrected chi connectivity index (χ3v) is 3.16. The maximum absolute atomic E-state index is 12.7. The molecule has 1 aromatic rings. The van der Waals surface area contributed by atoms with E-state index in [1.165, 1.54) is 43.4 Å². The van der Waals surface area contributed by atoms with Crippen molar-refractivity contribution in [3.05, 3.63) is 35.6 Å². The molecule has 0 spiro atoms. The van der Waals surface area contributed by atoms with Crippen LogP contribution in [0.2, 0.25) is 0 Å². The number of halogens is 1. The third kappa shape index (κ3) is 5.83. The van der Waals surface area contributed by atoms with Crippen LogP contribution in [-0.4, -0.2) is 12.6 Å². The summed E-state index contributed by atoms with van der Waals surface area (Å²) in [4.78, 5) is 0. The van der Waals surface area contributed by atoms with Crippen LogP contribution in [0.3, 0.4) is 0 Å². The standard InChI is InChI=1S/C15H24FN/c1-3-5-6-15(4-2)17-12-11-13-7-9-14(16)10-8-13/h7-10,15,17H,3-6,11-12H2,1-2H3. The Morgan fingerprint density at radius 1 is 1.18 bits per heavy atom. The summed E-state index contributed by atoms with van der Waals surface area (Å²) in [6.07, 6.45) is 5.97. The molecule has 0 aliphatic carbocycles. The molecule has 1 unspecified atom stereocenters. The summed E-state index contributed by atoms with van der Waals surface area (Å²) in [5.74, 6) is -0.156. The maximum atomic E-state index is 12.7. The Morgan fingerprint density at radius 2 is 1.88 bits per heavy atom. The SMILES string of the molecule is CCCCC(CC)NCCc1ccc(F)cc1. The highest BCUT2D eigenvalue weighted by molar-refractivity contribution is 5.16. The largest absolute Gasteiger partial charge is 0.314 e. The number of unbranched alkanes of at least 4 members (excludes halogenated alkanes) is 1. The molecule has 0 saturated heterocycles. The van der Waals surface area contributed by atoms with Gasteiger partial charge in [-0.3, -0.25) is 0 Å². The molecular weight excluding hydrogens is 213 g/mol. The summed E-state index contributed by atoms with van der Waals surface area (Å²) in [7, 11) is 0. The molecule has 1 aromatic carbocycles. The van der Waals surface area contributed by atoms with Crippen molar-refractivity contribution in [2.45, 2.75) is 52.0 Å². The molecule has 1 atom stereocenters. The van der Waals surface area contributed by atoms with Crippen LogP contribution in [0.15, 0.2) is 24.3 Å². The van der Waals surface area contributed by atoms with Crippen LogP contribution in [0.25, 0.3) is 0 Å². The van der Waals surface area contributed by atoms with Crippen molar-refractivity contribution in [2.24, 2.45) is 0 Å². The first-order valence-corrected chi connectivity index (χ1v) is 6.74. The van der Waals surface area contributed by atoms with Gasteiger partial charge in [-0.05, 0) is 43.5 Å². The average Bonchev–Trinajstić information content (AvgIpc) is 2.36. The first-order valence-electron chi connectivity index (χ1n) is 6.74. The van der Waals surface area contributed by atoms with Crippen molar-refractivity contribution in [1.82, 2.24) is 5.32 Å². The Kier molecular flexibility index (Phi) is 6.87. The number of hydrogen-bond acceptors (Lipinski definition) is 1. The number of hydrogen-bond donors (Lipinski definition) is 1. The molecule has 0 aromatic heterocycles. The first-order chi connectivity index (χ1) is 8.26. The quantitative estimate of drug-likeness (QED) is 0.722. The van der Waals surface area contributed by atoms with Gasteiger partial charge >= 0.3 is 0 Å². The van der Waals surface area contributed by atoms with Gasteiger partial charge in [-0.1, -0.05) is 38.8 Å². The monoisotopic (exact) mass is 237 g/mol. The fourth-order valence-corrected chi connectivity index (χ4v) is 1.97. The lowest BCUT2D eigenvalue weighted by atomic mass is 10.1. The van der Waals surface area contributed by atoms with E-state index in [1.54, 1.807) is 0 Å². The Balaban J connectivity index is 2.23. The van der Waals surface area contributed by atoms with Crippen LogP contribution in [0.1, 0.15) is 45.1 Å². The highest BCUT2D eigenvalue weighted by atomic mass is 19.1. The second kappa shape index (κ2) is 8.24. The molecule has 2 heteroatoms. The molecule has 0 amide bonds. The molecule has 1 nitrogen and oxygen atoms in total. The van der Waals surface area contributed by atoms with Crippen molar-refractivity contribution in [3.63, 3.8) is 0 Å². The van der Waals surface area contributed by atoms with Crippen molar-refractivity contribution in [1.29, 1.82) is 0 Å². The van der Waals surface area contributed by atoms with Crippen molar-refractivity contribution in [2.75, 3.05) is 6.54 Å². The normalized spacial score (nSPS) is 12.6. The smallest absolute Gasteiger partial charge is 0.123 e. The predicted octanol–water partition coefficient (Wildman–Crippen LogP) is 3.93. The van der Waals surface area contributed by atoms with Crippen molar-refractivity contribution in [3.8, 4) is 0 Å². The van der Waals surface area contributed by atoms with Gasteiger partial charge in [-0.15, -0.1) is 0 Å². The minimum atomic E-state index is -0.156. The second-order valence-corrected chi connectivity index (χ2v) is 4.58. The molecule has 1 rings (SSSR count). The van der Waals surface area contributed by atoms with E-state index in [1.807, 2.05) is 12.1 Å². The minimum Gasteiger partial charge on any atom is -0.314 e. The Bertz CT molecular complexity index is 294. The molecule has 1 N–H and O–H groups in total. The van der Waals surface area contributed by atoms with Gasteiger partial charge in [0.15, 0.2) is 0 Å². The molecule has 0 aliphatic rings. The molecule has 96 valence electrons. The zero-order valence-electron chi connectivity index (χ0n) is 11.0. The summed E-state index contributed by atoms with van der Waals surface area (Å²) in [5, 5.41) is 3.57. The molecule has 0 saturated carbocycles. The number of benzene rings is 1. The molecule has 0 fully saturated rings. The van der Waals surface area contributed by atoms with E-state index in [0.29, 0.717) is 6.04 Å². The minimum absolute atomic E-state index is 0.156. The molecule has 0 aliphatic heterocycles. The lowest BCUT2D eigenvalue weighted by Crippen LogP contribution is -2.30. The maximum Gasteiger partial charge on any atom is 0.123 e. The fraction of sp³-hybridized carbons (Fsp3) is 0.600.